The predicted molar refractivity (Wildman–Crippen MR) is 70.6 cm³/mol. The van der Waals surface area contributed by atoms with Crippen molar-refractivity contribution in [3.63, 3.8) is 0 Å². The zero-order chi connectivity index (χ0) is 14.0. The molecular formula is C12H12FN3O2S. The van der Waals surface area contributed by atoms with Crippen molar-refractivity contribution in [1.29, 1.82) is 0 Å². The van der Waals surface area contributed by atoms with Crippen molar-refractivity contribution in [1.82, 2.24) is 4.98 Å². The van der Waals surface area contributed by atoms with Gasteiger partial charge in [0.25, 0.3) is 10.0 Å². The number of aromatic nitrogens is 1. The first-order valence-corrected chi connectivity index (χ1v) is 6.87. The summed E-state index contributed by atoms with van der Waals surface area (Å²) in [5, 5.41) is 0. The van der Waals surface area contributed by atoms with E-state index in [1.165, 1.54) is 18.3 Å². The molecule has 0 radical (unpaired) electrons. The Kier molecular flexibility index (Phi) is 3.39. The van der Waals surface area contributed by atoms with Gasteiger partial charge in [0.1, 0.15) is 4.90 Å². The Bertz CT molecular complexity index is 696. The topological polar surface area (TPSA) is 85.1 Å². The highest BCUT2D eigenvalue weighted by Gasteiger charge is 2.21. The van der Waals surface area contributed by atoms with E-state index in [2.05, 4.69) is 9.71 Å². The summed E-state index contributed by atoms with van der Waals surface area (Å²) < 4.78 is 40.0. The Labute approximate surface area is 110 Å². The summed E-state index contributed by atoms with van der Waals surface area (Å²) in [4.78, 5) is 3.50. The molecule has 0 unspecified atom stereocenters. The van der Waals surface area contributed by atoms with Gasteiger partial charge in [-0.05, 0) is 24.6 Å². The molecule has 1 aromatic heterocycles. The van der Waals surface area contributed by atoms with Crippen LogP contribution in [0.5, 0.6) is 0 Å². The first-order chi connectivity index (χ1) is 8.92. The van der Waals surface area contributed by atoms with E-state index in [1.807, 2.05) is 0 Å². The number of nitrogens with zero attached hydrogens (tertiary/aromatic N) is 1. The molecule has 5 nitrogen and oxygen atoms in total. The third kappa shape index (κ3) is 2.65. The third-order valence-corrected chi connectivity index (χ3v) is 4.11. The maximum Gasteiger partial charge on any atom is 0.264 e. The first kappa shape index (κ1) is 13.3. The molecule has 0 amide bonds. The van der Waals surface area contributed by atoms with Crippen molar-refractivity contribution in [2.75, 3.05) is 10.5 Å². The predicted octanol–water partition coefficient (Wildman–Crippen LogP) is 1.91. The molecule has 0 aliphatic carbocycles. The van der Waals surface area contributed by atoms with E-state index in [0.29, 0.717) is 5.56 Å². The summed E-state index contributed by atoms with van der Waals surface area (Å²) in [5.41, 5.74) is 6.11. The van der Waals surface area contributed by atoms with Crippen LogP contribution in [0.3, 0.4) is 0 Å². The van der Waals surface area contributed by atoms with E-state index in [0.717, 1.165) is 6.20 Å². The maximum absolute atomic E-state index is 13.4. The second-order valence-corrected chi connectivity index (χ2v) is 5.57. The second kappa shape index (κ2) is 4.85. The van der Waals surface area contributed by atoms with Gasteiger partial charge in [-0.1, -0.05) is 12.1 Å². The highest BCUT2D eigenvalue weighted by molar-refractivity contribution is 7.93. The average Bonchev–Trinajstić information content (AvgIpc) is 2.31. The number of benzene rings is 1. The normalized spacial score (nSPS) is 11.3. The molecule has 19 heavy (non-hydrogen) atoms. The SMILES string of the molecule is Cc1cccc(N)c1S(=O)(=O)Nc1ccncc1F. The smallest absolute Gasteiger partial charge is 0.264 e. The van der Waals surface area contributed by atoms with Crippen LogP contribution in [-0.4, -0.2) is 13.4 Å². The standard InChI is InChI=1S/C12H12FN3O2S/c1-8-3-2-4-10(14)12(8)19(17,18)16-11-5-6-15-7-9(11)13/h2-7H,14H2,1H3,(H,15,16). The Morgan fingerprint density at radius 2 is 2.05 bits per heavy atom. The fraction of sp³-hybridized carbons (Fsp3) is 0.0833. The number of halogens is 1. The molecule has 0 fully saturated rings. The minimum Gasteiger partial charge on any atom is -0.398 e. The molecule has 1 aromatic carbocycles. The van der Waals surface area contributed by atoms with E-state index in [9.17, 15) is 12.8 Å². The summed E-state index contributed by atoms with van der Waals surface area (Å²) in [5.74, 6) is -0.752. The molecular weight excluding hydrogens is 269 g/mol. The van der Waals surface area contributed by atoms with Crippen molar-refractivity contribution in [2.45, 2.75) is 11.8 Å². The van der Waals surface area contributed by atoms with Crippen LogP contribution in [0, 0.1) is 12.7 Å². The molecule has 7 heteroatoms. The van der Waals surface area contributed by atoms with Crippen LogP contribution in [-0.2, 0) is 10.0 Å². The van der Waals surface area contributed by atoms with Crippen molar-refractivity contribution in [2.24, 2.45) is 0 Å². The molecule has 100 valence electrons. The summed E-state index contributed by atoms with van der Waals surface area (Å²) in [6, 6.07) is 5.98. The molecule has 0 atom stereocenters. The number of anilines is 2. The molecule has 0 saturated heterocycles. The molecule has 1 heterocycles. The lowest BCUT2D eigenvalue weighted by Crippen LogP contribution is -2.17. The van der Waals surface area contributed by atoms with Gasteiger partial charge in [-0.2, -0.15) is 0 Å². The highest BCUT2D eigenvalue weighted by Crippen LogP contribution is 2.25. The molecule has 2 rings (SSSR count). The summed E-state index contributed by atoms with van der Waals surface area (Å²) in [6.45, 7) is 1.62. The van der Waals surface area contributed by atoms with Crippen LogP contribution >= 0.6 is 0 Å². The van der Waals surface area contributed by atoms with Crippen molar-refractivity contribution >= 4 is 21.4 Å². The van der Waals surface area contributed by atoms with Gasteiger partial charge in [0.2, 0.25) is 0 Å². The highest BCUT2D eigenvalue weighted by atomic mass is 32.2. The second-order valence-electron chi connectivity index (χ2n) is 3.95. The lowest BCUT2D eigenvalue weighted by atomic mass is 10.2. The minimum atomic E-state index is -3.94. The van der Waals surface area contributed by atoms with Gasteiger partial charge in [-0.15, -0.1) is 0 Å². The van der Waals surface area contributed by atoms with Gasteiger partial charge in [0.05, 0.1) is 17.6 Å². The Morgan fingerprint density at radius 3 is 2.68 bits per heavy atom. The van der Waals surface area contributed by atoms with E-state index < -0.39 is 15.8 Å². The molecule has 0 aliphatic rings. The van der Waals surface area contributed by atoms with Gasteiger partial charge in [0, 0.05) is 6.20 Å². The van der Waals surface area contributed by atoms with Crippen LogP contribution in [0.15, 0.2) is 41.6 Å². The number of hydrogen-bond acceptors (Lipinski definition) is 4. The van der Waals surface area contributed by atoms with Gasteiger partial charge in [0.15, 0.2) is 5.82 Å². The zero-order valence-corrected chi connectivity index (χ0v) is 10.9. The fourth-order valence-electron chi connectivity index (χ4n) is 1.70. The van der Waals surface area contributed by atoms with Gasteiger partial charge < -0.3 is 5.73 Å². The zero-order valence-electron chi connectivity index (χ0n) is 10.1. The fourth-order valence-corrected chi connectivity index (χ4v) is 3.12. The van der Waals surface area contributed by atoms with Crippen LogP contribution in [0.4, 0.5) is 15.8 Å². The molecule has 0 aliphatic heterocycles. The largest absolute Gasteiger partial charge is 0.398 e. The third-order valence-electron chi connectivity index (χ3n) is 2.53. The number of pyridine rings is 1. The first-order valence-electron chi connectivity index (χ1n) is 5.39. The molecule has 0 bridgehead atoms. The van der Waals surface area contributed by atoms with Gasteiger partial charge >= 0.3 is 0 Å². The van der Waals surface area contributed by atoms with Gasteiger partial charge in [-0.25, -0.2) is 12.8 Å². The Balaban J connectivity index is 2.47. The number of aryl methyl sites for hydroxylation is 1. The monoisotopic (exact) mass is 281 g/mol. The van der Waals surface area contributed by atoms with Crippen LogP contribution in [0.2, 0.25) is 0 Å². The molecule has 2 aromatic rings. The summed E-state index contributed by atoms with van der Waals surface area (Å²) in [7, 11) is -3.94. The maximum atomic E-state index is 13.4. The lowest BCUT2D eigenvalue weighted by Gasteiger charge is -2.12. The van der Waals surface area contributed by atoms with Crippen molar-refractivity contribution in [3.05, 3.63) is 48.0 Å². The molecule has 0 saturated carbocycles. The van der Waals surface area contributed by atoms with Gasteiger partial charge in [-0.3, -0.25) is 9.71 Å². The Hall–Kier alpha value is -2.15. The summed E-state index contributed by atoms with van der Waals surface area (Å²) in [6.07, 6.45) is 2.22. The number of rotatable bonds is 3. The average molecular weight is 281 g/mol. The van der Waals surface area contributed by atoms with Crippen molar-refractivity contribution in [3.8, 4) is 0 Å². The van der Waals surface area contributed by atoms with Crippen LogP contribution in [0.25, 0.3) is 0 Å². The minimum absolute atomic E-state index is 0.0498. The van der Waals surface area contributed by atoms with E-state index in [1.54, 1.807) is 19.1 Å². The van der Waals surface area contributed by atoms with E-state index in [-0.39, 0.29) is 16.3 Å². The quantitative estimate of drug-likeness (QED) is 0.842. The van der Waals surface area contributed by atoms with Crippen LogP contribution in [0.1, 0.15) is 5.56 Å². The van der Waals surface area contributed by atoms with Crippen LogP contribution < -0.4 is 10.5 Å². The van der Waals surface area contributed by atoms with E-state index in [4.69, 9.17) is 5.73 Å². The number of hydrogen-bond donors (Lipinski definition) is 2. The van der Waals surface area contributed by atoms with E-state index >= 15 is 0 Å². The van der Waals surface area contributed by atoms with Crippen molar-refractivity contribution < 1.29 is 12.8 Å². The number of nitrogen functional groups attached to an aromatic ring is 1. The lowest BCUT2D eigenvalue weighted by molar-refractivity contribution is 0.598. The molecule has 0 spiro atoms. The molecule has 3 N–H and O–H groups in total. The number of nitrogens with one attached hydrogen (secondary N) is 1. The number of sulfonamides is 1. The number of nitrogens with two attached hydrogens (primary N) is 1. The summed E-state index contributed by atoms with van der Waals surface area (Å²) >= 11 is 0. The Morgan fingerprint density at radius 1 is 1.32 bits per heavy atom.